The molecule has 0 aromatic heterocycles. The van der Waals surface area contributed by atoms with Crippen LogP contribution in [0.4, 0.5) is 4.79 Å². The summed E-state index contributed by atoms with van der Waals surface area (Å²) in [6.45, 7) is 13.8. The first kappa shape index (κ1) is 23.7. The van der Waals surface area contributed by atoms with E-state index in [1.54, 1.807) is 6.08 Å². The number of carbonyl (C=O) groups is 2. The number of allylic oxidation sites excluding steroid dienone is 1. The summed E-state index contributed by atoms with van der Waals surface area (Å²) in [5.74, 6) is -0.169. The number of amides is 1. The molecule has 0 unspecified atom stereocenters. The number of hydrogen-bond donors (Lipinski definition) is 0. The van der Waals surface area contributed by atoms with E-state index in [-0.39, 0.29) is 12.5 Å². The highest BCUT2D eigenvalue weighted by atomic mass is 16.6. The highest BCUT2D eigenvalue weighted by Crippen LogP contribution is 2.19. The van der Waals surface area contributed by atoms with Crippen molar-refractivity contribution in [3.05, 3.63) is 48.6 Å². The largest absolute Gasteiger partial charge is 0.458 e. The van der Waals surface area contributed by atoms with Crippen molar-refractivity contribution in [2.75, 3.05) is 6.54 Å². The summed E-state index contributed by atoms with van der Waals surface area (Å²) in [6, 6.07) is 8.82. The maximum absolute atomic E-state index is 12.9. The van der Waals surface area contributed by atoms with Crippen LogP contribution in [0.25, 0.3) is 0 Å². The van der Waals surface area contributed by atoms with E-state index >= 15 is 0 Å². The van der Waals surface area contributed by atoms with Gasteiger partial charge in [-0.3, -0.25) is 4.90 Å². The Kier molecular flexibility index (Phi) is 9.77. The van der Waals surface area contributed by atoms with E-state index in [0.717, 1.165) is 12.0 Å². The van der Waals surface area contributed by atoms with Crippen molar-refractivity contribution in [2.24, 2.45) is 5.92 Å². The molecule has 1 rings (SSSR count). The lowest BCUT2D eigenvalue weighted by atomic mass is 10.0. The summed E-state index contributed by atoms with van der Waals surface area (Å²) in [7, 11) is 0. The Bertz CT molecular complexity index is 619. The fourth-order valence-electron chi connectivity index (χ4n) is 2.75. The first-order valence-corrected chi connectivity index (χ1v) is 9.95. The van der Waals surface area contributed by atoms with Gasteiger partial charge in [0.1, 0.15) is 18.2 Å². The third-order valence-electron chi connectivity index (χ3n) is 4.00. The van der Waals surface area contributed by atoms with E-state index < -0.39 is 23.7 Å². The second-order valence-electron chi connectivity index (χ2n) is 8.34. The highest BCUT2D eigenvalue weighted by molar-refractivity contribution is 5.81. The molecule has 0 aliphatic rings. The summed E-state index contributed by atoms with van der Waals surface area (Å²) in [6.07, 6.45) is 3.29. The van der Waals surface area contributed by atoms with Crippen LogP contribution in [0.1, 0.15) is 59.4 Å². The molecule has 5 nitrogen and oxygen atoms in total. The van der Waals surface area contributed by atoms with Crippen molar-refractivity contribution in [1.82, 2.24) is 4.90 Å². The van der Waals surface area contributed by atoms with E-state index in [0.29, 0.717) is 19.4 Å². The van der Waals surface area contributed by atoms with Gasteiger partial charge in [-0.05, 0) is 51.5 Å². The monoisotopic (exact) mass is 389 g/mol. The molecular weight excluding hydrogens is 354 g/mol. The Hall–Kier alpha value is -2.30. The van der Waals surface area contributed by atoms with Crippen molar-refractivity contribution in [3.8, 4) is 0 Å². The smallest absolute Gasteiger partial charge is 0.410 e. The van der Waals surface area contributed by atoms with Gasteiger partial charge in [-0.1, -0.05) is 50.3 Å². The molecule has 0 aliphatic heterocycles. The lowest BCUT2D eigenvalue weighted by molar-refractivity contribution is -0.161. The molecule has 1 aromatic carbocycles. The number of unbranched alkanes of at least 4 members (excludes halogenated alkanes) is 1. The van der Waals surface area contributed by atoms with Crippen molar-refractivity contribution in [3.63, 3.8) is 0 Å². The summed E-state index contributed by atoms with van der Waals surface area (Å²) in [4.78, 5) is 27.2. The molecule has 5 heteroatoms. The average Bonchev–Trinajstić information content (AvgIpc) is 2.61. The quantitative estimate of drug-likeness (QED) is 0.308. The van der Waals surface area contributed by atoms with Gasteiger partial charge in [0.2, 0.25) is 0 Å². The van der Waals surface area contributed by atoms with Crippen molar-refractivity contribution < 1.29 is 19.1 Å². The minimum atomic E-state index is -0.674. The molecule has 0 aliphatic carbocycles. The topological polar surface area (TPSA) is 55.8 Å². The highest BCUT2D eigenvalue weighted by Gasteiger charge is 2.34. The molecule has 0 saturated carbocycles. The number of esters is 1. The molecule has 0 heterocycles. The summed E-state index contributed by atoms with van der Waals surface area (Å²) in [5.41, 5.74) is 0.284. The normalized spacial score (nSPS) is 12.4. The maximum Gasteiger partial charge on any atom is 0.410 e. The van der Waals surface area contributed by atoms with Gasteiger partial charge in [0.15, 0.2) is 0 Å². The molecule has 0 fully saturated rings. The first-order valence-electron chi connectivity index (χ1n) is 9.95. The number of ether oxygens (including phenoxy) is 2. The first-order chi connectivity index (χ1) is 13.1. The van der Waals surface area contributed by atoms with Crippen LogP contribution < -0.4 is 0 Å². The van der Waals surface area contributed by atoms with Gasteiger partial charge in [-0.25, -0.2) is 9.59 Å². The van der Waals surface area contributed by atoms with E-state index in [4.69, 9.17) is 9.47 Å². The lowest BCUT2D eigenvalue weighted by Gasteiger charge is -2.33. The number of carbonyl (C=O) groups excluding carboxylic acids is 2. The predicted molar refractivity (Wildman–Crippen MR) is 112 cm³/mol. The summed E-state index contributed by atoms with van der Waals surface area (Å²) < 4.78 is 11.1. The van der Waals surface area contributed by atoms with Gasteiger partial charge in [-0.15, -0.1) is 6.58 Å². The Morgan fingerprint density at radius 2 is 1.82 bits per heavy atom. The molecule has 28 heavy (non-hydrogen) atoms. The lowest BCUT2D eigenvalue weighted by Crippen LogP contribution is -2.48. The third kappa shape index (κ3) is 9.07. The standard InChI is InChI=1S/C23H35NO4/c1-7-8-12-15-24(22(26)27-17-19-13-10-9-11-14-19)20(16-18(2)3)21(25)28-23(4,5)6/h7,9-11,13-14,18,20H,1,8,12,15-17H2,2-6H3/t20-/m0/s1. The molecule has 1 atom stereocenters. The van der Waals surface area contributed by atoms with Crippen molar-refractivity contribution in [2.45, 2.75) is 72.1 Å². The van der Waals surface area contributed by atoms with Gasteiger partial charge < -0.3 is 9.47 Å². The minimum absolute atomic E-state index is 0.167. The molecule has 156 valence electrons. The zero-order valence-corrected chi connectivity index (χ0v) is 17.9. The minimum Gasteiger partial charge on any atom is -0.458 e. The van der Waals surface area contributed by atoms with Crippen molar-refractivity contribution >= 4 is 12.1 Å². The van der Waals surface area contributed by atoms with Gasteiger partial charge in [-0.2, -0.15) is 0 Å². The molecule has 0 N–H and O–H groups in total. The maximum atomic E-state index is 12.9. The fourth-order valence-corrected chi connectivity index (χ4v) is 2.75. The molecule has 0 spiro atoms. The van der Waals surface area contributed by atoms with Crippen LogP contribution in [0.2, 0.25) is 0 Å². The number of rotatable bonds is 10. The zero-order chi connectivity index (χ0) is 21.2. The van der Waals surface area contributed by atoms with Crippen LogP contribution in [0.15, 0.2) is 43.0 Å². The molecule has 0 bridgehead atoms. The van der Waals surface area contributed by atoms with Gasteiger partial charge >= 0.3 is 12.1 Å². The van der Waals surface area contributed by atoms with E-state index in [1.165, 1.54) is 4.90 Å². The zero-order valence-electron chi connectivity index (χ0n) is 17.9. The second kappa shape index (κ2) is 11.5. The van der Waals surface area contributed by atoms with Crippen LogP contribution in [-0.2, 0) is 20.9 Å². The van der Waals surface area contributed by atoms with E-state index in [1.807, 2.05) is 65.0 Å². The SMILES string of the molecule is C=CCCCN(C(=O)OCc1ccccc1)[C@@H](CC(C)C)C(=O)OC(C)(C)C. The Labute approximate surface area is 169 Å². The number of hydrogen-bond acceptors (Lipinski definition) is 4. The van der Waals surface area contributed by atoms with Crippen LogP contribution >= 0.6 is 0 Å². The van der Waals surface area contributed by atoms with Gasteiger partial charge in [0.25, 0.3) is 0 Å². The Morgan fingerprint density at radius 1 is 1.18 bits per heavy atom. The third-order valence-corrected chi connectivity index (χ3v) is 4.00. The van der Waals surface area contributed by atoms with Crippen LogP contribution in [0.5, 0.6) is 0 Å². The van der Waals surface area contributed by atoms with Crippen molar-refractivity contribution in [1.29, 1.82) is 0 Å². The van der Waals surface area contributed by atoms with Crippen LogP contribution in [-0.4, -0.2) is 35.2 Å². The fraction of sp³-hybridized carbons (Fsp3) is 0.565. The van der Waals surface area contributed by atoms with Gasteiger partial charge in [0.05, 0.1) is 0 Å². The second-order valence-corrected chi connectivity index (χ2v) is 8.34. The molecular formula is C23H35NO4. The summed E-state index contributed by atoms with van der Waals surface area (Å²) >= 11 is 0. The molecule has 1 amide bonds. The van der Waals surface area contributed by atoms with Crippen LogP contribution in [0.3, 0.4) is 0 Å². The molecule has 1 aromatic rings. The van der Waals surface area contributed by atoms with Crippen LogP contribution in [0, 0.1) is 5.92 Å². The Balaban J connectivity index is 2.97. The predicted octanol–water partition coefficient (Wildman–Crippen LogP) is 5.35. The number of nitrogens with zero attached hydrogens (tertiary/aromatic N) is 1. The van der Waals surface area contributed by atoms with Gasteiger partial charge in [0, 0.05) is 6.54 Å². The van der Waals surface area contributed by atoms with E-state index in [2.05, 4.69) is 6.58 Å². The molecule has 0 radical (unpaired) electrons. The molecule has 0 saturated heterocycles. The van der Waals surface area contributed by atoms with E-state index in [9.17, 15) is 9.59 Å². The average molecular weight is 390 g/mol. The summed E-state index contributed by atoms with van der Waals surface area (Å²) in [5, 5.41) is 0. The number of benzene rings is 1. The Morgan fingerprint density at radius 3 is 2.36 bits per heavy atom.